The average molecular weight is 176 g/mol. The molecule has 0 aromatic heterocycles. The van der Waals surface area contributed by atoms with Crippen molar-refractivity contribution in [2.45, 2.75) is 38.9 Å². The number of aliphatic hydroxyl groups is 2. The third kappa shape index (κ3) is 5.09. The van der Waals surface area contributed by atoms with Gasteiger partial charge in [0, 0.05) is 6.42 Å². The summed E-state index contributed by atoms with van der Waals surface area (Å²) < 4.78 is 0. The molecule has 0 saturated heterocycles. The second-order valence-electron chi connectivity index (χ2n) is 3.37. The Morgan fingerprint density at radius 3 is 2.08 bits per heavy atom. The van der Waals surface area contributed by atoms with Crippen molar-refractivity contribution in [2.24, 2.45) is 5.92 Å². The Bertz CT molecular complexity index is 144. The molecule has 4 heteroatoms. The highest BCUT2D eigenvalue weighted by atomic mass is 16.4. The van der Waals surface area contributed by atoms with Crippen molar-refractivity contribution >= 4 is 5.97 Å². The molecule has 72 valence electrons. The minimum absolute atomic E-state index is 0.0898. The fourth-order valence-corrected chi connectivity index (χ4v) is 0.999. The Hall–Kier alpha value is -0.610. The van der Waals surface area contributed by atoms with Crippen LogP contribution in [0.1, 0.15) is 26.7 Å². The van der Waals surface area contributed by atoms with Crippen molar-refractivity contribution in [1.29, 1.82) is 0 Å². The van der Waals surface area contributed by atoms with E-state index in [2.05, 4.69) is 0 Å². The second kappa shape index (κ2) is 5.11. The molecule has 2 atom stereocenters. The quantitative estimate of drug-likeness (QED) is 0.560. The molecule has 0 bridgehead atoms. The van der Waals surface area contributed by atoms with Gasteiger partial charge in [-0.1, -0.05) is 13.8 Å². The van der Waals surface area contributed by atoms with Crippen LogP contribution in [0.2, 0.25) is 0 Å². The van der Waals surface area contributed by atoms with Gasteiger partial charge < -0.3 is 15.3 Å². The van der Waals surface area contributed by atoms with Crippen molar-refractivity contribution in [3.63, 3.8) is 0 Å². The summed E-state index contributed by atoms with van der Waals surface area (Å²) in [4.78, 5) is 10.2. The number of hydrogen-bond donors (Lipinski definition) is 3. The Balaban J connectivity index is 3.68. The van der Waals surface area contributed by atoms with Gasteiger partial charge in [-0.2, -0.15) is 0 Å². The molecule has 0 spiro atoms. The number of aliphatic carboxylic acids is 1. The highest BCUT2D eigenvalue weighted by molar-refractivity contribution is 5.71. The molecule has 3 N–H and O–H groups in total. The van der Waals surface area contributed by atoms with Crippen molar-refractivity contribution in [1.82, 2.24) is 0 Å². The number of aliphatic hydroxyl groups excluding tert-OH is 2. The predicted molar refractivity (Wildman–Crippen MR) is 43.7 cm³/mol. The number of hydrogen-bond acceptors (Lipinski definition) is 3. The van der Waals surface area contributed by atoms with Crippen LogP contribution in [-0.4, -0.2) is 33.5 Å². The smallest absolute Gasteiger partial charge is 0.332 e. The maximum atomic E-state index is 10.2. The van der Waals surface area contributed by atoms with E-state index in [1.807, 2.05) is 13.8 Å². The van der Waals surface area contributed by atoms with E-state index >= 15 is 0 Å². The van der Waals surface area contributed by atoms with E-state index in [0.29, 0.717) is 12.3 Å². The normalized spacial score (nSPS) is 16.1. The third-order valence-electron chi connectivity index (χ3n) is 1.52. The van der Waals surface area contributed by atoms with Crippen LogP contribution in [0.4, 0.5) is 0 Å². The summed E-state index contributed by atoms with van der Waals surface area (Å²) in [6, 6.07) is 0. The van der Waals surface area contributed by atoms with Crippen LogP contribution in [0.3, 0.4) is 0 Å². The molecule has 0 aliphatic rings. The molecule has 0 aliphatic carbocycles. The number of carbonyl (C=O) groups is 1. The summed E-state index contributed by atoms with van der Waals surface area (Å²) in [5.74, 6) is -0.973. The maximum absolute atomic E-state index is 10.2. The van der Waals surface area contributed by atoms with Crippen LogP contribution in [0, 0.1) is 5.92 Å². The Labute approximate surface area is 71.8 Å². The summed E-state index contributed by atoms with van der Waals surface area (Å²) in [6.07, 6.45) is -1.74. The van der Waals surface area contributed by atoms with E-state index in [4.69, 9.17) is 10.2 Å². The zero-order valence-electron chi connectivity index (χ0n) is 7.40. The zero-order chi connectivity index (χ0) is 9.72. The van der Waals surface area contributed by atoms with E-state index in [1.165, 1.54) is 0 Å². The first-order valence-corrected chi connectivity index (χ1v) is 4.02. The molecule has 0 fully saturated rings. The fourth-order valence-electron chi connectivity index (χ4n) is 0.999. The molecule has 0 rings (SSSR count). The monoisotopic (exact) mass is 176 g/mol. The van der Waals surface area contributed by atoms with Gasteiger partial charge in [-0.3, -0.25) is 0 Å². The lowest BCUT2D eigenvalue weighted by atomic mass is 10.0. The molecular weight excluding hydrogens is 160 g/mol. The number of carboxylic acids is 1. The summed E-state index contributed by atoms with van der Waals surface area (Å²) in [5.41, 5.74) is 0. The standard InChI is InChI=1S/C8H16O4/c1-5(2)3-6(9)4-7(10)8(11)12/h5-7,9-10H,3-4H2,1-2H3,(H,11,12). The van der Waals surface area contributed by atoms with E-state index in [9.17, 15) is 9.90 Å². The van der Waals surface area contributed by atoms with Crippen LogP contribution in [0.5, 0.6) is 0 Å². The third-order valence-corrected chi connectivity index (χ3v) is 1.52. The van der Waals surface area contributed by atoms with Crippen molar-refractivity contribution in [2.75, 3.05) is 0 Å². The van der Waals surface area contributed by atoms with Gasteiger partial charge in [0.1, 0.15) is 0 Å². The fraction of sp³-hybridized carbons (Fsp3) is 0.875. The first-order chi connectivity index (χ1) is 5.43. The number of rotatable bonds is 5. The molecule has 12 heavy (non-hydrogen) atoms. The van der Waals surface area contributed by atoms with Gasteiger partial charge in [0.2, 0.25) is 0 Å². The SMILES string of the molecule is CC(C)CC(O)CC(O)C(=O)O. The molecule has 0 aromatic carbocycles. The molecular formula is C8H16O4. The first kappa shape index (κ1) is 11.4. The predicted octanol–water partition coefficient (Wildman–Crippen LogP) is 0.229. The van der Waals surface area contributed by atoms with Gasteiger partial charge in [0.15, 0.2) is 6.10 Å². The van der Waals surface area contributed by atoms with Gasteiger partial charge in [-0.15, -0.1) is 0 Å². The highest BCUT2D eigenvalue weighted by Crippen LogP contribution is 2.09. The van der Waals surface area contributed by atoms with Crippen molar-refractivity contribution in [3.8, 4) is 0 Å². The maximum Gasteiger partial charge on any atom is 0.332 e. The minimum atomic E-state index is -1.45. The first-order valence-electron chi connectivity index (χ1n) is 4.02. The van der Waals surface area contributed by atoms with Gasteiger partial charge >= 0.3 is 5.97 Å². The summed E-state index contributed by atoms with van der Waals surface area (Å²) in [7, 11) is 0. The van der Waals surface area contributed by atoms with Gasteiger partial charge in [0.05, 0.1) is 6.10 Å². The van der Waals surface area contributed by atoms with Gasteiger partial charge in [-0.05, 0) is 12.3 Å². The average Bonchev–Trinajstić information content (AvgIpc) is 1.84. The lowest BCUT2D eigenvalue weighted by Crippen LogP contribution is -2.26. The van der Waals surface area contributed by atoms with E-state index in [0.717, 1.165) is 0 Å². The molecule has 0 radical (unpaired) electrons. The van der Waals surface area contributed by atoms with Gasteiger partial charge in [0.25, 0.3) is 0 Å². The lowest BCUT2D eigenvalue weighted by Gasteiger charge is -2.14. The Morgan fingerprint density at radius 2 is 1.75 bits per heavy atom. The van der Waals surface area contributed by atoms with Crippen LogP contribution >= 0.6 is 0 Å². The molecule has 0 amide bonds. The lowest BCUT2D eigenvalue weighted by molar-refractivity contribution is -0.148. The molecule has 4 nitrogen and oxygen atoms in total. The summed E-state index contributed by atoms with van der Waals surface area (Å²) in [5, 5.41) is 26.4. The summed E-state index contributed by atoms with van der Waals surface area (Å²) in [6.45, 7) is 3.85. The van der Waals surface area contributed by atoms with Crippen molar-refractivity contribution < 1.29 is 20.1 Å². The van der Waals surface area contributed by atoms with Crippen molar-refractivity contribution in [3.05, 3.63) is 0 Å². The van der Waals surface area contributed by atoms with E-state index in [1.54, 1.807) is 0 Å². The minimum Gasteiger partial charge on any atom is -0.479 e. The zero-order valence-corrected chi connectivity index (χ0v) is 7.40. The Morgan fingerprint density at radius 1 is 1.25 bits per heavy atom. The van der Waals surface area contributed by atoms with Crippen LogP contribution in [0.25, 0.3) is 0 Å². The Kier molecular flexibility index (Phi) is 4.85. The molecule has 0 saturated carbocycles. The second-order valence-corrected chi connectivity index (χ2v) is 3.37. The largest absolute Gasteiger partial charge is 0.479 e. The molecule has 0 aromatic rings. The molecule has 0 aliphatic heterocycles. The van der Waals surface area contributed by atoms with Crippen LogP contribution in [0.15, 0.2) is 0 Å². The summed E-state index contributed by atoms with van der Waals surface area (Å²) >= 11 is 0. The topological polar surface area (TPSA) is 77.8 Å². The molecule has 0 heterocycles. The highest BCUT2D eigenvalue weighted by Gasteiger charge is 2.18. The van der Waals surface area contributed by atoms with Gasteiger partial charge in [-0.25, -0.2) is 4.79 Å². The molecule has 2 unspecified atom stereocenters. The van der Waals surface area contributed by atoms with Crippen LogP contribution < -0.4 is 0 Å². The number of carboxylic acid groups (broad SMARTS) is 1. The van der Waals surface area contributed by atoms with Crippen LogP contribution in [-0.2, 0) is 4.79 Å². The van der Waals surface area contributed by atoms with E-state index < -0.39 is 18.2 Å². The van der Waals surface area contributed by atoms with E-state index in [-0.39, 0.29) is 6.42 Å².